The average Bonchev–Trinajstić information content (AvgIpc) is 2.83. The summed E-state index contributed by atoms with van der Waals surface area (Å²) in [6.45, 7) is 7.38. The minimum absolute atomic E-state index is 0.0798. The summed E-state index contributed by atoms with van der Waals surface area (Å²) in [4.78, 5) is 25.1. The van der Waals surface area contributed by atoms with Crippen LogP contribution in [0.3, 0.4) is 0 Å². The fraction of sp³-hybridized carbons (Fsp3) is 0.179. The predicted octanol–water partition coefficient (Wildman–Crippen LogP) is 5.25. The first-order chi connectivity index (χ1) is 16.8. The summed E-state index contributed by atoms with van der Waals surface area (Å²) in [6, 6.07) is 20.9. The number of nitrogens with zero attached hydrogens (tertiary/aromatic N) is 1. The summed E-state index contributed by atoms with van der Waals surface area (Å²) in [6.07, 6.45) is 0. The lowest BCUT2D eigenvalue weighted by Crippen LogP contribution is -2.40. The maximum Gasteiger partial charge on any atom is 0.326 e. The third-order valence-electron chi connectivity index (χ3n) is 5.29. The molecule has 35 heavy (non-hydrogen) atoms. The highest BCUT2D eigenvalue weighted by Gasteiger charge is 2.18. The van der Waals surface area contributed by atoms with Crippen molar-refractivity contribution in [1.82, 2.24) is 10.6 Å². The molecule has 0 radical (unpaired) electrons. The molecule has 7 heteroatoms. The number of nitriles is 1. The molecule has 0 spiro atoms. The van der Waals surface area contributed by atoms with Crippen molar-refractivity contribution < 1.29 is 19.1 Å². The molecule has 0 unspecified atom stereocenters. The third-order valence-corrected chi connectivity index (χ3v) is 5.29. The van der Waals surface area contributed by atoms with E-state index in [0.29, 0.717) is 17.1 Å². The molecule has 0 atom stereocenters. The number of hydrogen-bond acceptors (Lipinski definition) is 5. The smallest absolute Gasteiger partial charge is 0.326 e. The first-order valence-electron chi connectivity index (χ1n) is 11.0. The van der Waals surface area contributed by atoms with Crippen LogP contribution in [0.5, 0.6) is 11.5 Å². The van der Waals surface area contributed by atoms with Gasteiger partial charge in [-0.3, -0.25) is 10.1 Å². The summed E-state index contributed by atoms with van der Waals surface area (Å²) < 4.78 is 11.9. The van der Waals surface area contributed by atoms with Crippen LogP contribution in [-0.4, -0.2) is 18.5 Å². The molecule has 2 N–H and O–H groups in total. The number of allylic oxidation sites excluding steroid dienone is 1. The van der Waals surface area contributed by atoms with Gasteiger partial charge in [0.2, 0.25) is 5.76 Å². The Morgan fingerprint density at radius 1 is 0.771 bits per heavy atom. The Labute approximate surface area is 205 Å². The molecule has 7 nitrogen and oxygen atoms in total. The summed E-state index contributed by atoms with van der Waals surface area (Å²) >= 11 is 0. The maximum atomic E-state index is 12.7. The topological polar surface area (TPSA) is 100 Å². The first kappa shape index (κ1) is 25.1. The number of carbonyl (C=O) groups excluding carboxylic acids is 2. The molecule has 0 saturated heterocycles. The van der Waals surface area contributed by atoms with Crippen molar-refractivity contribution in [2.24, 2.45) is 0 Å². The summed E-state index contributed by atoms with van der Waals surface area (Å²) in [5.41, 5.74) is 3.88. The third kappa shape index (κ3) is 6.49. The van der Waals surface area contributed by atoms with Gasteiger partial charge < -0.3 is 14.8 Å². The molecule has 3 aromatic rings. The maximum absolute atomic E-state index is 12.7. The lowest BCUT2D eigenvalue weighted by atomic mass is 10.1. The Hall–Kier alpha value is -4.57. The van der Waals surface area contributed by atoms with Gasteiger partial charge in [0.15, 0.2) is 0 Å². The Morgan fingerprint density at radius 3 is 1.86 bits per heavy atom. The van der Waals surface area contributed by atoms with Crippen LogP contribution in [0.4, 0.5) is 4.79 Å². The molecule has 3 rings (SSSR count). The molecule has 0 aliphatic rings. The van der Waals surface area contributed by atoms with E-state index in [1.807, 2.05) is 70.2 Å². The largest absolute Gasteiger partial charge is 0.487 e. The number of para-hydroxylation sites is 2. The molecule has 0 aliphatic heterocycles. The van der Waals surface area contributed by atoms with Gasteiger partial charge >= 0.3 is 6.03 Å². The van der Waals surface area contributed by atoms with Crippen molar-refractivity contribution >= 4 is 11.9 Å². The van der Waals surface area contributed by atoms with Gasteiger partial charge in [0.05, 0.1) is 0 Å². The Bertz CT molecular complexity index is 1270. The normalized spacial score (nSPS) is 11.1. The second-order valence-corrected chi connectivity index (χ2v) is 8.03. The fourth-order valence-corrected chi connectivity index (χ4v) is 3.48. The highest BCUT2D eigenvalue weighted by Crippen LogP contribution is 2.26. The van der Waals surface area contributed by atoms with E-state index in [9.17, 15) is 14.9 Å². The van der Waals surface area contributed by atoms with Gasteiger partial charge in [-0.05, 0) is 62.1 Å². The number of carbonyl (C=O) groups is 2. The van der Waals surface area contributed by atoms with E-state index in [-0.39, 0.29) is 18.1 Å². The summed E-state index contributed by atoms with van der Waals surface area (Å²) in [7, 11) is 0. The molecule has 0 aliphatic carbocycles. The van der Waals surface area contributed by atoms with E-state index in [1.54, 1.807) is 30.3 Å². The molecule has 178 valence electrons. The number of amides is 3. The van der Waals surface area contributed by atoms with Crippen molar-refractivity contribution in [1.29, 1.82) is 5.26 Å². The van der Waals surface area contributed by atoms with Crippen LogP contribution in [0.15, 0.2) is 78.2 Å². The minimum atomic E-state index is -0.809. The SMILES string of the molecule is Cc1cccc(C)c1OC/C(NC(=O)NC(=O)c1ccccc1)=C(\C#N)Oc1c(C)cccc1C. The van der Waals surface area contributed by atoms with Crippen LogP contribution in [0.25, 0.3) is 0 Å². The molecule has 0 fully saturated rings. The number of nitrogens with one attached hydrogen (secondary N) is 2. The minimum Gasteiger partial charge on any atom is -0.487 e. The number of rotatable bonds is 7. The van der Waals surface area contributed by atoms with E-state index in [4.69, 9.17) is 9.47 Å². The molecular formula is C28H27N3O4. The molecule has 0 aromatic heterocycles. The van der Waals surface area contributed by atoms with E-state index < -0.39 is 11.9 Å². The Morgan fingerprint density at radius 2 is 1.31 bits per heavy atom. The van der Waals surface area contributed by atoms with Gasteiger partial charge in [-0.2, -0.15) is 5.26 Å². The van der Waals surface area contributed by atoms with Crippen LogP contribution in [0.1, 0.15) is 32.6 Å². The first-order valence-corrected chi connectivity index (χ1v) is 11.0. The molecule has 0 saturated carbocycles. The number of urea groups is 1. The lowest BCUT2D eigenvalue weighted by molar-refractivity contribution is 0.0964. The van der Waals surface area contributed by atoms with Gasteiger partial charge in [0, 0.05) is 5.56 Å². The van der Waals surface area contributed by atoms with Crippen molar-refractivity contribution in [3.8, 4) is 17.6 Å². The monoisotopic (exact) mass is 469 g/mol. The number of benzene rings is 3. The Balaban J connectivity index is 1.90. The van der Waals surface area contributed by atoms with Crippen LogP contribution >= 0.6 is 0 Å². The van der Waals surface area contributed by atoms with Crippen molar-refractivity contribution in [3.63, 3.8) is 0 Å². The zero-order valence-corrected chi connectivity index (χ0v) is 20.1. The molecule has 3 amide bonds. The van der Waals surface area contributed by atoms with Gasteiger partial charge in [-0.25, -0.2) is 4.79 Å². The average molecular weight is 470 g/mol. The van der Waals surface area contributed by atoms with Crippen molar-refractivity contribution in [2.45, 2.75) is 27.7 Å². The summed E-state index contributed by atoms with van der Waals surface area (Å²) in [5, 5.41) is 14.7. The molecular weight excluding hydrogens is 442 g/mol. The van der Waals surface area contributed by atoms with Gasteiger partial charge in [0.1, 0.15) is 29.9 Å². The zero-order valence-electron chi connectivity index (χ0n) is 20.1. The molecule has 0 heterocycles. The second kappa shape index (κ2) is 11.5. The molecule has 0 bridgehead atoms. The van der Waals surface area contributed by atoms with Crippen LogP contribution < -0.4 is 20.1 Å². The van der Waals surface area contributed by atoms with Crippen molar-refractivity contribution in [3.05, 3.63) is 106 Å². The summed E-state index contributed by atoms with van der Waals surface area (Å²) in [5.74, 6) is 0.427. The second-order valence-electron chi connectivity index (χ2n) is 8.03. The van der Waals surface area contributed by atoms with E-state index in [0.717, 1.165) is 22.3 Å². The van der Waals surface area contributed by atoms with Gasteiger partial charge in [-0.15, -0.1) is 0 Å². The van der Waals surface area contributed by atoms with Crippen LogP contribution in [0, 0.1) is 39.0 Å². The van der Waals surface area contributed by atoms with Gasteiger partial charge in [0.25, 0.3) is 5.91 Å². The highest BCUT2D eigenvalue weighted by atomic mass is 16.5. The van der Waals surface area contributed by atoms with Crippen LogP contribution in [-0.2, 0) is 0 Å². The Kier molecular flexibility index (Phi) is 8.25. The predicted molar refractivity (Wildman–Crippen MR) is 133 cm³/mol. The van der Waals surface area contributed by atoms with E-state index in [2.05, 4.69) is 10.6 Å². The molecule has 3 aromatic carbocycles. The van der Waals surface area contributed by atoms with Crippen LogP contribution in [0.2, 0.25) is 0 Å². The quantitative estimate of drug-likeness (QED) is 0.363. The fourth-order valence-electron chi connectivity index (χ4n) is 3.48. The van der Waals surface area contributed by atoms with Gasteiger partial charge in [-0.1, -0.05) is 54.6 Å². The lowest BCUT2D eigenvalue weighted by Gasteiger charge is -2.17. The van der Waals surface area contributed by atoms with Crippen molar-refractivity contribution in [2.75, 3.05) is 6.61 Å². The number of ether oxygens (including phenoxy) is 2. The zero-order chi connectivity index (χ0) is 25.4. The number of imide groups is 1. The van der Waals surface area contributed by atoms with E-state index in [1.165, 1.54) is 0 Å². The highest BCUT2D eigenvalue weighted by molar-refractivity contribution is 6.04. The van der Waals surface area contributed by atoms with E-state index >= 15 is 0 Å². The number of hydrogen-bond donors (Lipinski definition) is 2. The number of aryl methyl sites for hydroxylation is 4. The standard InChI is InChI=1S/C28H27N3O4/c1-18-10-8-11-19(2)25(18)34-17-23(24(16-29)35-26-20(3)12-9-13-21(26)4)30-28(33)31-27(32)22-14-6-5-7-15-22/h5-15H,17H2,1-4H3,(H2,30,31,32,33)/b24-23-.